The fraction of sp³-hybridized carbons (Fsp3) is 0.174. The summed E-state index contributed by atoms with van der Waals surface area (Å²) in [6.45, 7) is 2.11. The first kappa shape index (κ1) is 22.5. The van der Waals surface area contributed by atoms with Crippen molar-refractivity contribution in [1.29, 1.82) is 0 Å². The summed E-state index contributed by atoms with van der Waals surface area (Å²) in [6, 6.07) is 15.4. The van der Waals surface area contributed by atoms with E-state index in [-0.39, 0.29) is 17.9 Å². The predicted molar refractivity (Wildman–Crippen MR) is 113 cm³/mol. The molecule has 3 aromatic rings. The number of carbonyl (C=O) groups excluding carboxylic acids is 1. The third-order valence-electron chi connectivity index (χ3n) is 4.49. The van der Waals surface area contributed by atoms with Gasteiger partial charge >= 0.3 is 6.18 Å². The van der Waals surface area contributed by atoms with E-state index in [9.17, 15) is 18.0 Å². The summed E-state index contributed by atoms with van der Waals surface area (Å²) in [7, 11) is 1.50. The molecule has 0 saturated carbocycles. The summed E-state index contributed by atoms with van der Waals surface area (Å²) >= 11 is 5.62. The Morgan fingerprint density at radius 2 is 1.74 bits per heavy atom. The van der Waals surface area contributed by atoms with Crippen LogP contribution in [0, 0.1) is 6.92 Å². The standard InChI is InChI=1S/C23H19ClF3NO3/c1-14-3-7-18(8-4-14)31-13-16-11-15(5-10-21(16)30-2)22(29)28-17-6-9-20(24)19(12-17)23(25,26)27/h3-12H,13H2,1-2H3,(H,28,29). The highest BCUT2D eigenvalue weighted by Gasteiger charge is 2.33. The Balaban J connectivity index is 1.78. The minimum absolute atomic E-state index is 0.0185. The van der Waals surface area contributed by atoms with E-state index in [0.29, 0.717) is 17.1 Å². The second-order valence-electron chi connectivity index (χ2n) is 6.77. The van der Waals surface area contributed by atoms with Crippen LogP contribution in [0.4, 0.5) is 18.9 Å². The maximum absolute atomic E-state index is 13.0. The Kier molecular flexibility index (Phi) is 6.75. The summed E-state index contributed by atoms with van der Waals surface area (Å²) < 4.78 is 50.2. The molecule has 1 N–H and O–H groups in total. The van der Waals surface area contributed by atoms with Gasteiger partial charge in [-0.2, -0.15) is 13.2 Å². The topological polar surface area (TPSA) is 47.6 Å². The van der Waals surface area contributed by atoms with Crippen LogP contribution in [-0.2, 0) is 12.8 Å². The van der Waals surface area contributed by atoms with Crippen molar-refractivity contribution in [3.05, 3.63) is 87.9 Å². The van der Waals surface area contributed by atoms with Crippen molar-refractivity contribution in [2.75, 3.05) is 12.4 Å². The molecule has 3 rings (SSSR count). The zero-order valence-electron chi connectivity index (χ0n) is 16.7. The minimum Gasteiger partial charge on any atom is -0.496 e. The van der Waals surface area contributed by atoms with E-state index in [4.69, 9.17) is 21.1 Å². The summed E-state index contributed by atoms with van der Waals surface area (Å²) in [4.78, 5) is 12.6. The summed E-state index contributed by atoms with van der Waals surface area (Å²) in [5.74, 6) is 0.604. The molecule has 8 heteroatoms. The third kappa shape index (κ3) is 5.70. The molecule has 0 saturated heterocycles. The molecule has 0 fully saturated rings. The Morgan fingerprint density at radius 3 is 2.39 bits per heavy atom. The van der Waals surface area contributed by atoms with Crippen molar-refractivity contribution in [1.82, 2.24) is 0 Å². The molecule has 4 nitrogen and oxygen atoms in total. The Labute approximate surface area is 182 Å². The molecule has 0 aliphatic carbocycles. The zero-order chi connectivity index (χ0) is 22.6. The normalized spacial score (nSPS) is 11.2. The summed E-state index contributed by atoms with van der Waals surface area (Å²) in [5.41, 5.74) is 0.915. The van der Waals surface area contributed by atoms with E-state index in [1.165, 1.54) is 19.2 Å². The number of nitrogens with one attached hydrogen (secondary N) is 1. The molecular weight excluding hydrogens is 431 g/mol. The van der Waals surface area contributed by atoms with Crippen LogP contribution in [0.5, 0.6) is 11.5 Å². The van der Waals surface area contributed by atoms with Crippen molar-refractivity contribution in [3.8, 4) is 11.5 Å². The van der Waals surface area contributed by atoms with Gasteiger partial charge in [0.25, 0.3) is 5.91 Å². The van der Waals surface area contributed by atoms with Gasteiger partial charge in [0.15, 0.2) is 0 Å². The average molecular weight is 450 g/mol. The number of aryl methyl sites for hydroxylation is 1. The number of methoxy groups -OCH3 is 1. The van der Waals surface area contributed by atoms with Crippen LogP contribution in [-0.4, -0.2) is 13.0 Å². The first-order valence-corrected chi connectivity index (χ1v) is 9.59. The van der Waals surface area contributed by atoms with Gasteiger partial charge in [-0.3, -0.25) is 4.79 Å². The fourth-order valence-corrected chi connectivity index (χ4v) is 3.08. The maximum atomic E-state index is 13.0. The Morgan fingerprint density at radius 1 is 1.03 bits per heavy atom. The van der Waals surface area contributed by atoms with Crippen molar-refractivity contribution >= 4 is 23.2 Å². The molecule has 3 aromatic carbocycles. The predicted octanol–water partition coefficient (Wildman–Crippen LogP) is 6.51. The smallest absolute Gasteiger partial charge is 0.417 e. The van der Waals surface area contributed by atoms with E-state index in [2.05, 4.69) is 5.32 Å². The number of rotatable bonds is 6. The van der Waals surface area contributed by atoms with Gasteiger partial charge in [-0.25, -0.2) is 0 Å². The zero-order valence-corrected chi connectivity index (χ0v) is 17.5. The van der Waals surface area contributed by atoms with Crippen molar-refractivity contribution in [2.45, 2.75) is 19.7 Å². The van der Waals surface area contributed by atoms with Gasteiger partial charge in [-0.1, -0.05) is 29.3 Å². The lowest BCUT2D eigenvalue weighted by molar-refractivity contribution is -0.137. The van der Waals surface area contributed by atoms with E-state index in [0.717, 1.165) is 17.7 Å². The van der Waals surface area contributed by atoms with Crippen molar-refractivity contribution in [2.24, 2.45) is 0 Å². The number of amides is 1. The minimum atomic E-state index is -4.63. The molecule has 31 heavy (non-hydrogen) atoms. The monoisotopic (exact) mass is 449 g/mol. The lowest BCUT2D eigenvalue weighted by Crippen LogP contribution is -2.14. The maximum Gasteiger partial charge on any atom is 0.417 e. The van der Waals surface area contributed by atoms with Gasteiger partial charge in [0.1, 0.15) is 18.1 Å². The number of hydrogen-bond donors (Lipinski definition) is 1. The first-order chi connectivity index (χ1) is 14.7. The van der Waals surface area contributed by atoms with Crippen LogP contribution in [0.1, 0.15) is 27.0 Å². The number of anilines is 1. The molecule has 0 bridgehead atoms. The number of ether oxygens (including phenoxy) is 2. The largest absolute Gasteiger partial charge is 0.496 e. The summed E-state index contributed by atoms with van der Waals surface area (Å²) in [6.07, 6.45) is -4.63. The molecule has 0 unspecified atom stereocenters. The second-order valence-corrected chi connectivity index (χ2v) is 7.18. The van der Waals surface area contributed by atoms with Gasteiger partial charge in [0.2, 0.25) is 0 Å². The van der Waals surface area contributed by atoms with Gasteiger partial charge < -0.3 is 14.8 Å². The molecule has 0 aliphatic rings. The van der Waals surface area contributed by atoms with E-state index in [1.807, 2.05) is 31.2 Å². The third-order valence-corrected chi connectivity index (χ3v) is 4.82. The first-order valence-electron chi connectivity index (χ1n) is 9.22. The van der Waals surface area contributed by atoms with Gasteiger partial charge in [-0.05, 0) is 55.5 Å². The highest BCUT2D eigenvalue weighted by Crippen LogP contribution is 2.36. The number of carbonyl (C=O) groups is 1. The van der Waals surface area contributed by atoms with Crippen molar-refractivity contribution < 1.29 is 27.4 Å². The number of benzene rings is 3. The molecule has 0 atom stereocenters. The van der Waals surface area contributed by atoms with E-state index < -0.39 is 22.7 Å². The number of hydrogen-bond acceptors (Lipinski definition) is 3. The molecule has 0 aliphatic heterocycles. The van der Waals surface area contributed by atoms with Crippen molar-refractivity contribution in [3.63, 3.8) is 0 Å². The molecule has 162 valence electrons. The van der Waals surface area contributed by atoms with Crippen LogP contribution in [0.15, 0.2) is 60.7 Å². The van der Waals surface area contributed by atoms with Crippen LogP contribution >= 0.6 is 11.6 Å². The number of alkyl halides is 3. The average Bonchev–Trinajstić information content (AvgIpc) is 2.73. The quantitative estimate of drug-likeness (QED) is 0.467. The highest BCUT2D eigenvalue weighted by atomic mass is 35.5. The summed E-state index contributed by atoms with van der Waals surface area (Å²) in [5, 5.41) is 2.02. The van der Waals surface area contributed by atoms with Crippen LogP contribution < -0.4 is 14.8 Å². The van der Waals surface area contributed by atoms with E-state index >= 15 is 0 Å². The lowest BCUT2D eigenvalue weighted by Gasteiger charge is -2.14. The molecule has 0 heterocycles. The van der Waals surface area contributed by atoms with Crippen LogP contribution in [0.3, 0.4) is 0 Å². The van der Waals surface area contributed by atoms with Gasteiger partial charge in [0.05, 0.1) is 17.7 Å². The highest BCUT2D eigenvalue weighted by molar-refractivity contribution is 6.31. The van der Waals surface area contributed by atoms with Crippen LogP contribution in [0.2, 0.25) is 5.02 Å². The molecule has 1 amide bonds. The molecular formula is C23H19ClF3NO3. The SMILES string of the molecule is COc1ccc(C(=O)Nc2ccc(Cl)c(C(F)(F)F)c2)cc1COc1ccc(C)cc1. The Hall–Kier alpha value is -3.19. The Bertz CT molecular complexity index is 1080. The fourth-order valence-electron chi connectivity index (χ4n) is 2.85. The number of halogens is 4. The molecule has 0 aromatic heterocycles. The van der Waals surface area contributed by atoms with Gasteiger partial charge in [0, 0.05) is 16.8 Å². The molecule has 0 spiro atoms. The van der Waals surface area contributed by atoms with E-state index in [1.54, 1.807) is 12.1 Å². The van der Waals surface area contributed by atoms with Gasteiger partial charge in [-0.15, -0.1) is 0 Å². The molecule has 0 radical (unpaired) electrons. The lowest BCUT2D eigenvalue weighted by atomic mass is 10.1. The van der Waals surface area contributed by atoms with Crippen LogP contribution in [0.25, 0.3) is 0 Å². The second kappa shape index (κ2) is 9.31.